The van der Waals surface area contributed by atoms with Gasteiger partial charge in [-0.05, 0) is 66.6 Å². The number of aliphatic hydroxyl groups is 1. The first-order valence-corrected chi connectivity index (χ1v) is 10.6. The first-order chi connectivity index (χ1) is 15.8. The van der Waals surface area contributed by atoms with Crippen LogP contribution in [0.5, 0.6) is 11.5 Å². The molecule has 0 aliphatic carbocycles. The molecule has 3 aromatic rings. The zero-order valence-electron chi connectivity index (χ0n) is 18.3. The molecule has 6 nitrogen and oxygen atoms in total. The second-order valence-corrected chi connectivity index (χ2v) is 8.01. The monoisotopic (exact) mass is 463 g/mol. The van der Waals surface area contributed by atoms with Gasteiger partial charge in [-0.25, -0.2) is 0 Å². The van der Waals surface area contributed by atoms with Gasteiger partial charge in [-0.1, -0.05) is 29.8 Å². The Labute approximate surface area is 196 Å². The molecule has 1 N–H and O–H groups in total. The predicted molar refractivity (Wildman–Crippen MR) is 127 cm³/mol. The van der Waals surface area contributed by atoms with Crippen LogP contribution in [0.3, 0.4) is 0 Å². The maximum absolute atomic E-state index is 13.2. The van der Waals surface area contributed by atoms with Crippen molar-refractivity contribution in [1.82, 2.24) is 0 Å². The van der Waals surface area contributed by atoms with Crippen molar-refractivity contribution < 1.29 is 24.2 Å². The highest BCUT2D eigenvalue weighted by molar-refractivity contribution is 6.51. The number of carbonyl (C=O) groups excluding carboxylic acids is 2. The lowest BCUT2D eigenvalue weighted by atomic mass is 9.95. The van der Waals surface area contributed by atoms with E-state index in [0.29, 0.717) is 33.3 Å². The van der Waals surface area contributed by atoms with Gasteiger partial charge in [-0.2, -0.15) is 0 Å². The van der Waals surface area contributed by atoms with Crippen LogP contribution in [0.25, 0.3) is 5.76 Å². The molecule has 0 saturated carbocycles. The average molecular weight is 464 g/mol. The molecule has 1 aliphatic rings. The number of aryl methyl sites for hydroxylation is 1. The van der Waals surface area contributed by atoms with Gasteiger partial charge < -0.3 is 14.6 Å². The van der Waals surface area contributed by atoms with Gasteiger partial charge in [0.1, 0.15) is 17.3 Å². The number of nitrogens with zero attached hydrogens (tertiary/aromatic N) is 1. The van der Waals surface area contributed by atoms with Crippen LogP contribution in [-0.4, -0.2) is 31.0 Å². The second kappa shape index (κ2) is 9.00. The van der Waals surface area contributed by atoms with E-state index in [0.717, 1.165) is 5.56 Å². The number of amides is 1. The Bertz CT molecular complexity index is 1250. The van der Waals surface area contributed by atoms with E-state index in [4.69, 9.17) is 21.1 Å². The lowest BCUT2D eigenvalue weighted by Gasteiger charge is -2.26. The van der Waals surface area contributed by atoms with E-state index in [1.54, 1.807) is 73.8 Å². The summed E-state index contributed by atoms with van der Waals surface area (Å²) in [5.41, 5.74) is 2.33. The number of hydrogen-bond acceptors (Lipinski definition) is 5. The minimum atomic E-state index is -0.850. The summed E-state index contributed by atoms with van der Waals surface area (Å²) in [7, 11) is 3.09. The van der Waals surface area contributed by atoms with E-state index in [9.17, 15) is 14.7 Å². The van der Waals surface area contributed by atoms with Gasteiger partial charge in [0.25, 0.3) is 11.7 Å². The maximum atomic E-state index is 13.2. The SMILES string of the molecule is COc1ccc(/C(O)=C2\C(=O)C(=O)N(c3ccc(C)c(Cl)c3)C2c2ccc(OC)cc2)cc1. The van der Waals surface area contributed by atoms with Crippen molar-refractivity contribution in [2.45, 2.75) is 13.0 Å². The highest BCUT2D eigenvalue weighted by Crippen LogP contribution is 2.43. The van der Waals surface area contributed by atoms with Crippen LogP contribution < -0.4 is 14.4 Å². The summed E-state index contributed by atoms with van der Waals surface area (Å²) in [6.45, 7) is 1.85. The van der Waals surface area contributed by atoms with Crippen LogP contribution in [0.15, 0.2) is 72.3 Å². The minimum Gasteiger partial charge on any atom is -0.507 e. The van der Waals surface area contributed by atoms with Crippen molar-refractivity contribution in [3.8, 4) is 11.5 Å². The van der Waals surface area contributed by atoms with Gasteiger partial charge in [0.15, 0.2) is 0 Å². The summed E-state index contributed by atoms with van der Waals surface area (Å²) in [5.74, 6) is -0.554. The Balaban J connectivity index is 1.92. The minimum absolute atomic E-state index is 0.00738. The Hall–Kier alpha value is -3.77. The molecule has 0 bridgehead atoms. The molecule has 1 atom stereocenters. The number of halogens is 1. The lowest BCUT2D eigenvalue weighted by molar-refractivity contribution is -0.132. The zero-order chi connectivity index (χ0) is 23.7. The number of methoxy groups -OCH3 is 2. The van der Waals surface area contributed by atoms with Gasteiger partial charge in [0, 0.05) is 16.3 Å². The number of aliphatic hydroxyl groups excluding tert-OH is 1. The summed E-state index contributed by atoms with van der Waals surface area (Å²) >= 11 is 6.32. The number of benzene rings is 3. The predicted octanol–water partition coefficient (Wildman–Crippen LogP) is 5.29. The molecule has 1 aliphatic heterocycles. The summed E-state index contributed by atoms with van der Waals surface area (Å²) < 4.78 is 10.4. The molecule has 0 radical (unpaired) electrons. The Morgan fingerprint density at radius 3 is 2.03 bits per heavy atom. The molecule has 0 spiro atoms. The fourth-order valence-electron chi connectivity index (χ4n) is 3.84. The Morgan fingerprint density at radius 1 is 0.909 bits per heavy atom. The van der Waals surface area contributed by atoms with Crippen LogP contribution in [0, 0.1) is 6.92 Å². The van der Waals surface area contributed by atoms with Crippen molar-refractivity contribution in [3.05, 3.63) is 94.0 Å². The Morgan fingerprint density at radius 2 is 1.48 bits per heavy atom. The van der Waals surface area contributed by atoms with Crippen LogP contribution in [-0.2, 0) is 9.59 Å². The van der Waals surface area contributed by atoms with Gasteiger partial charge in [0.05, 0.1) is 25.8 Å². The van der Waals surface area contributed by atoms with E-state index in [1.165, 1.54) is 12.0 Å². The molecule has 1 heterocycles. The first-order valence-electron chi connectivity index (χ1n) is 10.2. The van der Waals surface area contributed by atoms with E-state index in [2.05, 4.69) is 0 Å². The molecule has 7 heteroatoms. The number of ether oxygens (including phenoxy) is 2. The van der Waals surface area contributed by atoms with Crippen molar-refractivity contribution in [2.75, 3.05) is 19.1 Å². The van der Waals surface area contributed by atoms with Crippen LogP contribution in [0.2, 0.25) is 5.02 Å². The molecule has 0 aromatic heterocycles. The topological polar surface area (TPSA) is 76.1 Å². The normalized spacial score (nSPS) is 17.3. The molecule has 4 rings (SSSR count). The molecule has 1 saturated heterocycles. The van der Waals surface area contributed by atoms with Gasteiger partial charge in [0.2, 0.25) is 0 Å². The smallest absolute Gasteiger partial charge is 0.300 e. The molecular weight excluding hydrogens is 442 g/mol. The molecule has 33 heavy (non-hydrogen) atoms. The Kier molecular flexibility index (Phi) is 6.11. The molecule has 168 valence electrons. The fraction of sp³-hybridized carbons (Fsp3) is 0.154. The maximum Gasteiger partial charge on any atom is 0.300 e. The molecule has 1 amide bonds. The van der Waals surface area contributed by atoms with Crippen LogP contribution >= 0.6 is 11.6 Å². The summed E-state index contributed by atoms with van der Waals surface area (Å²) in [5, 5.41) is 11.6. The fourth-order valence-corrected chi connectivity index (χ4v) is 4.01. The van der Waals surface area contributed by atoms with Gasteiger partial charge in [-0.15, -0.1) is 0 Å². The van der Waals surface area contributed by atoms with Gasteiger partial charge in [-0.3, -0.25) is 14.5 Å². The highest BCUT2D eigenvalue weighted by atomic mass is 35.5. The number of ketones is 1. The summed E-state index contributed by atoms with van der Waals surface area (Å²) in [6.07, 6.45) is 0. The standard InChI is InChI=1S/C26H22ClNO5/c1-15-4-9-18(14-21(15)27)28-23(16-5-10-19(32-2)11-6-16)22(25(30)26(28)31)24(29)17-7-12-20(33-3)13-8-17/h4-14,23,29H,1-3H3/b24-22+. The molecule has 1 fully saturated rings. The third-order valence-electron chi connectivity index (χ3n) is 5.67. The number of rotatable bonds is 5. The molecule has 1 unspecified atom stereocenters. The van der Waals surface area contributed by atoms with Crippen molar-refractivity contribution in [1.29, 1.82) is 0 Å². The summed E-state index contributed by atoms with van der Waals surface area (Å²) in [6, 6.07) is 17.9. The van der Waals surface area contributed by atoms with E-state index in [1.807, 2.05) is 6.92 Å². The summed E-state index contributed by atoms with van der Waals surface area (Å²) in [4.78, 5) is 27.8. The third kappa shape index (κ3) is 4.05. The van der Waals surface area contributed by atoms with Crippen molar-refractivity contribution in [3.63, 3.8) is 0 Å². The zero-order valence-corrected chi connectivity index (χ0v) is 19.1. The van der Waals surface area contributed by atoms with E-state index >= 15 is 0 Å². The third-order valence-corrected chi connectivity index (χ3v) is 6.08. The van der Waals surface area contributed by atoms with E-state index < -0.39 is 17.7 Å². The number of Topliss-reactive ketones (excluding diaryl/α,β-unsaturated/α-hetero) is 1. The van der Waals surface area contributed by atoms with Gasteiger partial charge >= 0.3 is 0 Å². The quantitative estimate of drug-likeness (QED) is 0.316. The van der Waals surface area contributed by atoms with Crippen molar-refractivity contribution in [2.24, 2.45) is 0 Å². The van der Waals surface area contributed by atoms with Crippen LogP contribution in [0.4, 0.5) is 5.69 Å². The average Bonchev–Trinajstić information content (AvgIpc) is 3.11. The highest BCUT2D eigenvalue weighted by Gasteiger charge is 2.47. The van der Waals surface area contributed by atoms with E-state index in [-0.39, 0.29) is 11.3 Å². The number of carbonyl (C=O) groups is 2. The molecule has 3 aromatic carbocycles. The second-order valence-electron chi connectivity index (χ2n) is 7.60. The molecular formula is C26H22ClNO5. The lowest BCUT2D eigenvalue weighted by Crippen LogP contribution is -2.29. The number of anilines is 1. The van der Waals surface area contributed by atoms with Crippen molar-refractivity contribution >= 4 is 34.7 Å². The van der Waals surface area contributed by atoms with Crippen LogP contribution in [0.1, 0.15) is 22.7 Å². The number of hydrogen-bond donors (Lipinski definition) is 1. The first kappa shape index (κ1) is 22.4. The largest absolute Gasteiger partial charge is 0.507 e.